The Hall–Kier alpha value is -0.570. The first kappa shape index (κ1) is 13.9. The third kappa shape index (κ3) is 3.71. The van der Waals surface area contributed by atoms with Gasteiger partial charge < -0.3 is 5.73 Å². The summed E-state index contributed by atoms with van der Waals surface area (Å²) < 4.78 is 0. The van der Waals surface area contributed by atoms with Crippen molar-refractivity contribution in [3.05, 3.63) is 34.9 Å². The Morgan fingerprint density at radius 3 is 2.56 bits per heavy atom. The van der Waals surface area contributed by atoms with E-state index >= 15 is 0 Å². The van der Waals surface area contributed by atoms with E-state index in [-0.39, 0.29) is 0 Å². The Morgan fingerprint density at radius 2 is 1.83 bits per heavy atom. The Kier molecular flexibility index (Phi) is 5.04. The highest BCUT2D eigenvalue weighted by Crippen LogP contribution is 2.22. The van der Waals surface area contributed by atoms with Crippen LogP contribution in [0.4, 0.5) is 0 Å². The molecule has 0 amide bonds. The van der Waals surface area contributed by atoms with E-state index in [1.54, 1.807) is 0 Å². The lowest BCUT2D eigenvalue weighted by Gasteiger charge is -2.31. The molecule has 0 bridgehead atoms. The molecule has 1 aliphatic carbocycles. The molecule has 0 aliphatic heterocycles. The van der Waals surface area contributed by atoms with E-state index < -0.39 is 0 Å². The van der Waals surface area contributed by atoms with Crippen LogP contribution in [0.15, 0.2) is 24.3 Å². The molecule has 1 aromatic carbocycles. The van der Waals surface area contributed by atoms with Crippen LogP contribution in [0, 0.1) is 0 Å². The van der Waals surface area contributed by atoms with Gasteiger partial charge in [-0.2, -0.15) is 0 Å². The molecule has 2 rings (SSSR count). The van der Waals surface area contributed by atoms with Crippen molar-refractivity contribution in [3.8, 4) is 0 Å². The lowest BCUT2D eigenvalue weighted by Crippen LogP contribution is -2.44. The predicted molar refractivity (Wildman–Crippen MR) is 77.8 cm³/mol. The van der Waals surface area contributed by atoms with Gasteiger partial charge in [-0.15, -0.1) is 0 Å². The zero-order chi connectivity index (χ0) is 13.0. The van der Waals surface area contributed by atoms with Crippen molar-refractivity contribution in [2.45, 2.75) is 50.7 Å². The van der Waals surface area contributed by atoms with Crippen LogP contribution in [-0.4, -0.2) is 24.0 Å². The summed E-state index contributed by atoms with van der Waals surface area (Å²) in [6.07, 6.45) is 6.32. The fourth-order valence-electron chi connectivity index (χ4n) is 2.86. The smallest absolute Gasteiger partial charge is 0.0406 e. The zero-order valence-electron chi connectivity index (χ0n) is 11.1. The van der Waals surface area contributed by atoms with Crippen molar-refractivity contribution in [3.63, 3.8) is 0 Å². The molecule has 2 nitrogen and oxygen atoms in total. The zero-order valence-corrected chi connectivity index (χ0v) is 11.9. The third-order valence-electron chi connectivity index (χ3n) is 3.94. The van der Waals surface area contributed by atoms with Crippen LogP contribution in [0.2, 0.25) is 5.02 Å². The minimum atomic E-state index is 0.324. The maximum atomic E-state index is 6.29. The van der Waals surface area contributed by atoms with Gasteiger partial charge in [0, 0.05) is 23.7 Å². The Balaban J connectivity index is 1.97. The van der Waals surface area contributed by atoms with Gasteiger partial charge in [0.2, 0.25) is 0 Å². The number of benzene rings is 1. The van der Waals surface area contributed by atoms with Crippen molar-refractivity contribution in [1.29, 1.82) is 0 Å². The first-order valence-corrected chi connectivity index (χ1v) is 7.25. The van der Waals surface area contributed by atoms with Crippen molar-refractivity contribution in [1.82, 2.24) is 4.90 Å². The standard InChI is InChI=1S/C15H23ClN2/c1-18(11-12-7-9-13(16)10-8-12)15-6-4-2-3-5-14(15)17/h7-10,14-15H,2-6,11,17H2,1H3. The highest BCUT2D eigenvalue weighted by atomic mass is 35.5. The summed E-state index contributed by atoms with van der Waals surface area (Å²) in [6, 6.07) is 8.95. The van der Waals surface area contributed by atoms with Crippen molar-refractivity contribution >= 4 is 11.6 Å². The molecule has 100 valence electrons. The van der Waals surface area contributed by atoms with E-state index in [1.165, 1.54) is 31.2 Å². The van der Waals surface area contributed by atoms with Gasteiger partial charge in [-0.25, -0.2) is 0 Å². The van der Waals surface area contributed by atoms with Crippen LogP contribution in [0.25, 0.3) is 0 Å². The summed E-state index contributed by atoms with van der Waals surface area (Å²) in [4.78, 5) is 2.40. The van der Waals surface area contributed by atoms with E-state index in [4.69, 9.17) is 17.3 Å². The van der Waals surface area contributed by atoms with Gasteiger partial charge in [0.05, 0.1) is 0 Å². The maximum absolute atomic E-state index is 6.29. The van der Waals surface area contributed by atoms with Gasteiger partial charge in [-0.1, -0.05) is 43.0 Å². The van der Waals surface area contributed by atoms with E-state index in [1.807, 2.05) is 12.1 Å². The monoisotopic (exact) mass is 266 g/mol. The molecule has 18 heavy (non-hydrogen) atoms. The Bertz CT molecular complexity index is 363. The lowest BCUT2D eigenvalue weighted by atomic mass is 10.0. The second-order valence-electron chi connectivity index (χ2n) is 5.41. The maximum Gasteiger partial charge on any atom is 0.0406 e. The summed E-state index contributed by atoms with van der Waals surface area (Å²) in [7, 11) is 2.18. The molecule has 1 aromatic rings. The van der Waals surface area contributed by atoms with Gasteiger partial charge in [-0.05, 0) is 37.6 Å². The minimum absolute atomic E-state index is 0.324. The summed E-state index contributed by atoms with van der Waals surface area (Å²) in [6.45, 7) is 0.954. The third-order valence-corrected chi connectivity index (χ3v) is 4.19. The van der Waals surface area contributed by atoms with Gasteiger partial charge in [0.15, 0.2) is 0 Å². The summed E-state index contributed by atoms with van der Waals surface area (Å²) >= 11 is 5.91. The summed E-state index contributed by atoms with van der Waals surface area (Å²) in [5.41, 5.74) is 7.60. The summed E-state index contributed by atoms with van der Waals surface area (Å²) in [5, 5.41) is 0.799. The molecule has 1 aliphatic rings. The first-order valence-electron chi connectivity index (χ1n) is 6.87. The number of rotatable bonds is 3. The van der Waals surface area contributed by atoms with Gasteiger partial charge in [0.25, 0.3) is 0 Å². The molecular formula is C15H23ClN2. The quantitative estimate of drug-likeness (QED) is 0.850. The number of nitrogens with zero attached hydrogens (tertiary/aromatic N) is 1. The van der Waals surface area contributed by atoms with Gasteiger partial charge in [-0.3, -0.25) is 4.90 Å². The van der Waals surface area contributed by atoms with Crippen LogP contribution in [-0.2, 0) is 6.54 Å². The molecule has 2 atom stereocenters. The van der Waals surface area contributed by atoms with E-state index in [2.05, 4.69) is 24.1 Å². The average molecular weight is 267 g/mol. The topological polar surface area (TPSA) is 29.3 Å². The molecule has 1 fully saturated rings. The van der Waals surface area contributed by atoms with Crippen molar-refractivity contribution in [2.24, 2.45) is 5.73 Å². The first-order chi connectivity index (χ1) is 8.66. The van der Waals surface area contributed by atoms with Crippen molar-refractivity contribution in [2.75, 3.05) is 7.05 Å². The van der Waals surface area contributed by atoms with E-state index in [0.717, 1.165) is 18.0 Å². The van der Waals surface area contributed by atoms with Gasteiger partial charge in [0.1, 0.15) is 0 Å². The number of likely N-dealkylation sites (N-methyl/N-ethyl adjacent to an activating group) is 1. The molecule has 1 saturated carbocycles. The molecule has 0 heterocycles. The van der Waals surface area contributed by atoms with Crippen LogP contribution in [0.1, 0.15) is 37.7 Å². The fourth-order valence-corrected chi connectivity index (χ4v) is 2.99. The van der Waals surface area contributed by atoms with Crippen LogP contribution in [0.3, 0.4) is 0 Å². The molecule has 0 saturated heterocycles. The second-order valence-corrected chi connectivity index (χ2v) is 5.85. The molecule has 0 spiro atoms. The van der Waals surface area contributed by atoms with E-state index in [9.17, 15) is 0 Å². The highest BCUT2D eigenvalue weighted by Gasteiger charge is 2.23. The SMILES string of the molecule is CN(Cc1ccc(Cl)cc1)C1CCCCCC1N. The Labute approximate surface area is 115 Å². The molecule has 2 unspecified atom stereocenters. The molecule has 0 radical (unpaired) electrons. The molecule has 2 N–H and O–H groups in total. The second kappa shape index (κ2) is 6.55. The Morgan fingerprint density at radius 1 is 1.17 bits per heavy atom. The molecular weight excluding hydrogens is 244 g/mol. The fraction of sp³-hybridized carbons (Fsp3) is 0.600. The molecule has 0 aromatic heterocycles. The number of halogens is 1. The minimum Gasteiger partial charge on any atom is -0.326 e. The predicted octanol–water partition coefficient (Wildman–Crippen LogP) is 3.43. The normalized spacial score (nSPS) is 25.1. The number of hydrogen-bond acceptors (Lipinski definition) is 2. The van der Waals surface area contributed by atoms with Crippen molar-refractivity contribution < 1.29 is 0 Å². The molecule has 3 heteroatoms. The lowest BCUT2D eigenvalue weighted by molar-refractivity contribution is 0.193. The summed E-state index contributed by atoms with van der Waals surface area (Å²) in [5.74, 6) is 0. The highest BCUT2D eigenvalue weighted by molar-refractivity contribution is 6.30. The van der Waals surface area contributed by atoms with Gasteiger partial charge >= 0.3 is 0 Å². The number of nitrogens with two attached hydrogens (primary N) is 1. The van der Waals surface area contributed by atoms with Crippen LogP contribution >= 0.6 is 11.6 Å². The average Bonchev–Trinajstić information content (AvgIpc) is 2.57. The van der Waals surface area contributed by atoms with E-state index in [0.29, 0.717) is 12.1 Å². The van der Waals surface area contributed by atoms with Crippen LogP contribution < -0.4 is 5.73 Å². The number of hydrogen-bond donors (Lipinski definition) is 1. The largest absolute Gasteiger partial charge is 0.326 e. The van der Waals surface area contributed by atoms with Crippen LogP contribution in [0.5, 0.6) is 0 Å².